The van der Waals surface area contributed by atoms with Crippen molar-refractivity contribution >= 4 is 23.0 Å². The first-order chi connectivity index (χ1) is 8.90. The maximum absolute atomic E-state index is 11.9. The van der Waals surface area contributed by atoms with Crippen LogP contribution in [0.2, 0.25) is 0 Å². The molecule has 0 radical (unpaired) electrons. The van der Waals surface area contributed by atoms with E-state index in [9.17, 15) is 13.2 Å². The normalized spacial score (nSPS) is 10.4. The molecule has 0 heterocycles. The molecular weight excluding hydrogens is 279 g/mol. The molecule has 0 aromatic heterocycles. The number of ether oxygens (including phenoxy) is 1. The van der Waals surface area contributed by atoms with Crippen LogP contribution in [0, 0.1) is 11.3 Å². The van der Waals surface area contributed by atoms with Gasteiger partial charge in [0.1, 0.15) is 5.75 Å². The molecule has 0 saturated carbocycles. The van der Waals surface area contributed by atoms with E-state index in [-0.39, 0.29) is 5.75 Å². The summed E-state index contributed by atoms with van der Waals surface area (Å²) in [4.78, 5) is 0. The molecule has 19 heavy (non-hydrogen) atoms. The highest BCUT2D eigenvalue weighted by atomic mass is 32.1. The smallest absolute Gasteiger partial charge is 0.406 e. The van der Waals surface area contributed by atoms with Crippen molar-refractivity contribution in [3.8, 4) is 11.8 Å². The third-order valence-corrected chi connectivity index (χ3v) is 2.11. The Kier molecular flexibility index (Phi) is 5.38. The van der Waals surface area contributed by atoms with Crippen molar-refractivity contribution in [2.45, 2.75) is 12.8 Å². The van der Waals surface area contributed by atoms with Gasteiger partial charge in [-0.05, 0) is 36.5 Å². The number of benzene rings is 1. The Hall–Kier alpha value is -2.01. The minimum atomic E-state index is -4.71. The number of rotatable bonds is 4. The number of nitrogens with zero attached hydrogens (tertiary/aromatic N) is 1. The van der Waals surface area contributed by atoms with E-state index in [0.29, 0.717) is 23.8 Å². The molecule has 4 nitrogen and oxygen atoms in total. The topological polar surface area (TPSA) is 57.1 Å². The first-order valence-corrected chi connectivity index (χ1v) is 5.59. The molecule has 102 valence electrons. The number of halogens is 3. The molecule has 0 bridgehead atoms. The molecule has 2 N–H and O–H groups in total. The fraction of sp³-hybridized carbons (Fsp3) is 0.273. The first kappa shape index (κ1) is 15.0. The summed E-state index contributed by atoms with van der Waals surface area (Å²) in [5.74, 6) is -0.304. The van der Waals surface area contributed by atoms with Crippen LogP contribution in [0.15, 0.2) is 24.3 Å². The van der Waals surface area contributed by atoms with Crippen LogP contribution in [-0.2, 0) is 0 Å². The highest BCUT2D eigenvalue weighted by Crippen LogP contribution is 2.23. The van der Waals surface area contributed by atoms with Gasteiger partial charge in [-0.25, -0.2) is 0 Å². The predicted octanol–water partition coefficient (Wildman–Crippen LogP) is 2.79. The lowest BCUT2D eigenvalue weighted by molar-refractivity contribution is -0.274. The van der Waals surface area contributed by atoms with E-state index in [0.717, 1.165) is 0 Å². The van der Waals surface area contributed by atoms with Gasteiger partial charge in [-0.1, -0.05) is 0 Å². The van der Waals surface area contributed by atoms with Crippen LogP contribution in [0.5, 0.6) is 5.75 Å². The van der Waals surface area contributed by atoms with Gasteiger partial charge in [-0.2, -0.15) is 5.26 Å². The fourth-order valence-electron chi connectivity index (χ4n) is 1.15. The van der Waals surface area contributed by atoms with E-state index in [2.05, 4.69) is 15.4 Å². The van der Waals surface area contributed by atoms with Gasteiger partial charge in [0.05, 0.1) is 12.5 Å². The SMILES string of the molecule is N#CCCNC(=S)Nc1ccc(OC(F)(F)F)cc1. The monoisotopic (exact) mass is 289 g/mol. The maximum atomic E-state index is 11.9. The summed E-state index contributed by atoms with van der Waals surface area (Å²) in [7, 11) is 0. The number of hydrogen-bond acceptors (Lipinski definition) is 3. The van der Waals surface area contributed by atoms with Crippen molar-refractivity contribution in [2.24, 2.45) is 0 Å². The van der Waals surface area contributed by atoms with E-state index in [1.54, 1.807) is 0 Å². The maximum Gasteiger partial charge on any atom is 0.573 e. The molecule has 8 heteroatoms. The summed E-state index contributed by atoms with van der Waals surface area (Å²) in [6, 6.07) is 7.10. The summed E-state index contributed by atoms with van der Waals surface area (Å²) in [5, 5.41) is 14.2. The van der Waals surface area contributed by atoms with Crippen LogP contribution < -0.4 is 15.4 Å². The van der Waals surface area contributed by atoms with Crippen LogP contribution in [0.1, 0.15) is 6.42 Å². The molecule has 1 aromatic carbocycles. The summed E-state index contributed by atoms with van der Waals surface area (Å²) < 4.78 is 39.5. The lowest BCUT2D eigenvalue weighted by Crippen LogP contribution is -2.29. The molecule has 1 rings (SSSR count). The van der Waals surface area contributed by atoms with Crippen molar-refractivity contribution in [3.63, 3.8) is 0 Å². The zero-order valence-corrected chi connectivity index (χ0v) is 10.4. The zero-order chi connectivity index (χ0) is 14.3. The van der Waals surface area contributed by atoms with Gasteiger partial charge >= 0.3 is 6.36 Å². The Morgan fingerprint density at radius 3 is 2.47 bits per heavy atom. The van der Waals surface area contributed by atoms with Crippen molar-refractivity contribution in [1.29, 1.82) is 5.26 Å². The summed E-state index contributed by atoms with van der Waals surface area (Å²) in [6.07, 6.45) is -4.40. The van der Waals surface area contributed by atoms with Crippen LogP contribution in [0.25, 0.3) is 0 Å². The van der Waals surface area contributed by atoms with Gasteiger partial charge in [0.25, 0.3) is 0 Å². The summed E-state index contributed by atoms with van der Waals surface area (Å²) >= 11 is 4.93. The third kappa shape index (κ3) is 6.47. The minimum absolute atomic E-state index is 0.291. The number of alkyl halides is 3. The van der Waals surface area contributed by atoms with Gasteiger partial charge in [-0.15, -0.1) is 13.2 Å². The molecule has 0 unspecified atom stereocenters. The second-order valence-electron chi connectivity index (χ2n) is 3.36. The Labute approximate surface area is 113 Å². The van der Waals surface area contributed by atoms with Gasteiger partial charge in [0.2, 0.25) is 0 Å². The number of anilines is 1. The molecular formula is C11H10F3N3OS. The Bertz CT molecular complexity index is 468. The van der Waals surface area contributed by atoms with E-state index in [4.69, 9.17) is 17.5 Å². The number of thiocarbonyl (C=S) groups is 1. The zero-order valence-electron chi connectivity index (χ0n) is 9.62. The number of hydrogen-bond donors (Lipinski definition) is 2. The molecule has 0 aliphatic rings. The molecule has 0 aliphatic carbocycles. The minimum Gasteiger partial charge on any atom is -0.406 e. The Morgan fingerprint density at radius 1 is 1.32 bits per heavy atom. The van der Waals surface area contributed by atoms with Gasteiger partial charge in [0, 0.05) is 12.2 Å². The Balaban J connectivity index is 2.48. The van der Waals surface area contributed by atoms with E-state index in [1.807, 2.05) is 6.07 Å². The number of nitrogens with one attached hydrogen (secondary N) is 2. The fourth-order valence-corrected chi connectivity index (χ4v) is 1.37. The predicted molar refractivity (Wildman–Crippen MR) is 67.6 cm³/mol. The lowest BCUT2D eigenvalue weighted by atomic mass is 10.3. The van der Waals surface area contributed by atoms with Crippen molar-refractivity contribution in [2.75, 3.05) is 11.9 Å². The summed E-state index contributed by atoms with van der Waals surface area (Å²) in [5.41, 5.74) is 0.518. The number of nitriles is 1. The first-order valence-electron chi connectivity index (χ1n) is 5.18. The molecule has 0 spiro atoms. The molecule has 0 amide bonds. The molecule has 0 atom stereocenters. The Morgan fingerprint density at radius 2 is 1.95 bits per heavy atom. The second kappa shape index (κ2) is 6.80. The highest BCUT2D eigenvalue weighted by molar-refractivity contribution is 7.80. The summed E-state index contributed by atoms with van der Waals surface area (Å²) in [6.45, 7) is 0.400. The van der Waals surface area contributed by atoms with Crippen molar-refractivity contribution in [3.05, 3.63) is 24.3 Å². The van der Waals surface area contributed by atoms with Gasteiger partial charge in [0.15, 0.2) is 5.11 Å². The average Bonchev–Trinajstić information content (AvgIpc) is 2.30. The van der Waals surface area contributed by atoms with Crippen molar-refractivity contribution in [1.82, 2.24) is 5.32 Å². The molecule has 0 aliphatic heterocycles. The standard InChI is InChI=1S/C11H10F3N3OS/c12-11(13,14)18-9-4-2-8(3-5-9)17-10(19)16-7-1-6-15/h2-5H,1,7H2,(H2,16,17,19). The van der Waals surface area contributed by atoms with E-state index < -0.39 is 6.36 Å². The average molecular weight is 289 g/mol. The van der Waals surface area contributed by atoms with Gasteiger partial charge in [-0.3, -0.25) is 0 Å². The molecule has 0 fully saturated rings. The highest BCUT2D eigenvalue weighted by Gasteiger charge is 2.30. The largest absolute Gasteiger partial charge is 0.573 e. The van der Waals surface area contributed by atoms with Crippen LogP contribution in [0.4, 0.5) is 18.9 Å². The molecule has 1 aromatic rings. The van der Waals surface area contributed by atoms with E-state index in [1.165, 1.54) is 24.3 Å². The van der Waals surface area contributed by atoms with Crippen LogP contribution >= 0.6 is 12.2 Å². The quantitative estimate of drug-likeness (QED) is 0.659. The second-order valence-corrected chi connectivity index (χ2v) is 3.77. The van der Waals surface area contributed by atoms with Crippen molar-refractivity contribution < 1.29 is 17.9 Å². The van der Waals surface area contributed by atoms with E-state index >= 15 is 0 Å². The molecule has 0 saturated heterocycles. The van der Waals surface area contributed by atoms with Gasteiger partial charge < -0.3 is 15.4 Å². The van der Waals surface area contributed by atoms with Crippen LogP contribution in [-0.4, -0.2) is 18.0 Å². The third-order valence-electron chi connectivity index (χ3n) is 1.87. The van der Waals surface area contributed by atoms with Crippen LogP contribution in [0.3, 0.4) is 0 Å². The lowest BCUT2D eigenvalue weighted by Gasteiger charge is -2.11.